The standard InChI is InChI=1S/C23H23N3O2/c1-16-14-18-6-2-4-8-20(18)26(16)15-22(27)25-12-10-17(11-13-25)23-24-19-7-3-5-9-21(19)28-23/h2-9,14,17H,10-13,15H2,1H3. The molecule has 0 radical (unpaired) electrons. The van der Waals surface area contributed by atoms with Crippen molar-refractivity contribution >= 4 is 27.9 Å². The number of hydrogen-bond donors (Lipinski definition) is 0. The fourth-order valence-electron chi connectivity index (χ4n) is 4.23. The zero-order chi connectivity index (χ0) is 19.1. The second-order valence-electron chi connectivity index (χ2n) is 7.61. The lowest BCUT2D eigenvalue weighted by Gasteiger charge is -2.31. The van der Waals surface area contributed by atoms with Crippen LogP contribution in [0.25, 0.3) is 22.0 Å². The molecule has 142 valence electrons. The van der Waals surface area contributed by atoms with E-state index in [0.717, 1.165) is 54.1 Å². The SMILES string of the molecule is Cc1cc2ccccc2n1CC(=O)N1CCC(c2nc3ccccc3o2)CC1. The van der Waals surface area contributed by atoms with Gasteiger partial charge in [0.15, 0.2) is 11.5 Å². The number of aryl methyl sites for hydroxylation is 1. The summed E-state index contributed by atoms with van der Waals surface area (Å²) in [4.78, 5) is 19.5. The average Bonchev–Trinajstić information content (AvgIpc) is 3.29. The van der Waals surface area contributed by atoms with E-state index >= 15 is 0 Å². The van der Waals surface area contributed by atoms with Crippen LogP contribution in [-0.4, -0.2) is 33.4 Å². The third kappa shape index (κ3) is 2.97. The van der Waals surface area contributed by atoms with Gasteiger partial charge in [-0.05, 0) is 49.4 Å². The first-order valence-corrected chi connectivity index (χ1v) is 9.87. The number of fused-ring (bicyclic) bond motifs is 2. The molecule has 1 aliphatic rings. The maximum atomic E-state index is 12.9. The fourth-order valence-corrected chi connectivity index (χ4v) is 4.23. The molecule has 0 unspecified atom stereocenters. The molecule has 0 saturated carbocycles. The van der Waals surface area contributed by atoms with Crippen LogP contribution in [-0.2, 0) is 11.3 Å². The van der Waals surface area contributed by atoms with Gasteiger partial charge in [-0.25, -0.2) is 4.98 Å². The summed E-state index contributed by atoms with van der Waals surface area (Å²) in [6.45, 7) is 3.96. The Bertz CT molecular complexity index is 1120. The van der Waals surface area contributed by atoms with E-state index < -0.39 is 0 Å². The minimum Gasteiger partial charge on any atom is -0.440 e. The molecule has 0 N–H and O–H groups in total. The Kier molecular flexibility index (Phi) is 4.15. The number of piperidine rings is 1. The third-order valence-electron chi connectivity index (χ3n) is 5.82. The molecule has 2 aromatic heterocycles. The zero-order valence-electron chi connectivity index (χ0n) is 16.0. The molecule has 0 atom stereocenters. The van der Waals surface area contributed by atoms with Gasteiger partial charge in [0.2, 0.25) is 5.91 Å². The maximum Gasteiger partial charge on any atom is 0.242 e. The van der Waals surface area contributed by atoms with E-state index in [2.05, 4.69) is 34.7 Å². The highest BCUT2D eigenvalue weighted by Crippen LogP contribution is 2.30. The highest BCUT2D eigenvalue weighted by molar-refractivity contribution is 5.84. The van der Waals surface area contributed by atoms with Gasteiger partial charge < -0.3 is 13.9 Å². The first-order chi connectivity index (χ1) is 13.7. The normalized spacial score (nSPS) is 15.5. The summed E-state index contributed by atoms with van der Waals surface area (Å²) >= 11 is 0. The van der Waals surface area contributed by atoms with Crippen LogP contribution in [0.5, 0.6) is 0 Å². The van der Waals surface area contributed by atoms with E-state index in [1.807, 2.05) is 41.3 Å². The second-order valence-corrected chi connectivity index (χ2v) is 7.61. The second kappa shape index (κ2) is 6.82. The molecule has 1 saturated heterocycles. The number of oxazole rings is 1. The lowest BCUT2D eigenvalue weighted by molar-refractivity contribution is -0.132. The van der Waals surface area contributed by atoms with Gasteiger partial charge in [0.25, 0.3) is 0 Å². The van der Waals surface area contributed by atoms with Gasteiger partial charge in [-0.1, -0.05) is 30.3 Å². The summed E-state index contributed by atoms with van der Waals surface area (Å²) in [6, 6.07) is 18.2. The minimum atomic E-state index is 0.181. The maximum absolute atomic E-state index is 12.9. The van der Waals surface area contributed by atoms with Crippen LogP contribution in [0, 0.1) is 6.92 Å². The summed E-state index contributed by atoms with van der Waals surface area (Å²) in [5.41, 5.74) is 3.99. The summed E-state index contributed by atoms with van der Waals surface area (Å²) in [5, 5.41) is 1.18. The monoisotopic (exact) mass is 373 g/mol. The lowest BCUT2D eigenvalue weighted by atomic mass is 9.97. The van der Waals surface area contributed by atoms with Gasteiger partial charge in [-0.3, -0.25) is 4.79 Å². The Morgan fingerprint density at radius 2 is 1.86 bits per heavy atom. The molecule has 0 aliphatic carbocycles. The van der Waals surface area contributed by atoms with Crippen molar-refractivity contribution in [3.8, 4) is 0 Å². The third-order valence-corrected chi connectivity index (χ3v) is 5.82. The van der Waals surface area contributed by atoms with E-state index in [0.29, 0.717) is 6.54 Å². The Labute approximate surface area is 163 Å². The van der Waals surface area contributed by atoms with Gasteiger partial charge in [-0.15, -0.1) is 0 Å². The number of benzene rings is 2. The van der Waals surface area contributed by atoms with E-state index in [1.165, 1.54) is 5.39 Å². The molecule has 5 rings (SSSR count). The molecule has 0 bridgehead atoms. The van der Waals surface area contributed by atoms with Gasteiger partial charge in [0, 0.05) is 30.2 Å². The quantitative estimate of drug-likeness (QED) is 0.531. The molecule has 1 amide bonds. The smallest absolute Gasteiger partial charge is 0.242 e. The number of carbonyl (C=O) groups is 1. The van der Waals surface area contributed by atoms with E-state index in [4.69, 9.17) is 4.42 Å². The number of hydrogen-bond acceptors (Lipinski definition) is 3. The zero-order valence-corrected chi connectivity index (χ0v) is 16.0. The Morgan fingerprint density at radius 1 is 1.11 bits per heavy atom. The molecule has 1 fully saturated rings. The van der Waals surface area contributed by atoms with Crippen molar-refractivity contribution in [1.82, 2.24) is 14.5 Å². The van der Waals surface area contributed by atoms with E-state index in [1.54, 1.807) is 0 Å². The molecular formula is C23H23N3O2. The van der Waals surface area contributed by atoms with Crippen LogP contribution in [0.1, 0.15) is 30.3 Å². The minimum absolute atomic E-state index is 0.181. The van der Waals surface area contributed by atoms with Crippen molar-refractivity contribution in [1.29, 1.82) is 0 Å². The fraction of sp³-hybridized carbons (Fsp3) is 0.304. The average molecular weight is 373 g/mol. The van der Waals surface area contributed by atoms with Gasteiger partial charge in [0.1, 0.15) is 12.1 Å². The van der Waals surface area contributed by atoms with Gasteiger partial charge >= 0.3 is 0 Å². The number of para-hydroxylation sites is 3. The van der Waals surface area contributed by atoms with E-state index in [9.17, 15) is 4.79 Å². The van der Waals surface area contributed by atoms with Crippen LogP contribution < -0.4 is 0 Å². The van der Waals surface area contributed by atoms with Crippen LogP contribution in [0.15, 0.2) is 59.0 Å². The van der Waals surface area contributed by atoms with Crippen molar-refractivity contribution in [3.05, 3.63) is 66.2 Å². The van der Waals surface area contributed by atoms with Gasteiger partial charge in [-0.2, -0.15) is 0 Å². The Balaban J connectivity index is 1.27. The largest absolute Gasteiger partial charge is 0.440 e. The first-order valence-electron chi connectivity index (χ1n) is 9.87. The van der Waals surface area contributed by atoms with Crippen LogP contribution in [0.3, 0.4) is 0 Å². The molecule has 28 heavy (non-hydrogen) atoms. The predicted octanol–water partition coefficient (Wildman–Crippen LogP) is 4.50. The molecule has 4 aromatic rings. The van der Waals surface area contributed by atoms with Crippen molar-refractivity contribution < 1.29 is 9.21 Å². The molecule has 5 nitrogen and oxygen atoms in total. The van der Waals surface area contributed by atoms with Crippen molar-refractivity contribution in [2.75, 3.05) is 13.1 Å². The molecule has 3 heterocycles. The molecule has 0 spiro atoms. The number of nitrogens with zero attached hydrogens (tertiary/aromatic N) is 3. The summed E-state index contributed by atoms with van der Waals surface area (Å²) in [7, 11) is 0. The first kappa shape index (κ1) is 17.0. The summed E-state index contributed by atoms with van der Waals surface area (Å²) < 4.78 is 8.05. The highest BCUT2D eigenvalue weighted by atomic mass is 16.3. The Morgan fingerprint density at radius 3 is 2.68 bits per heavy atom. The summed E-state index contributed by atoms with van der Waals surface area (Å²) in [5.74, 6) is 1.27. The Hall–Kier alpha value is -3.08. The number of carbonyl (C=O) groups excluding carboxylic acids is 1. The lowest BCUT2D eigenvalue weighted by Crippen LogP contribution is -2.39. The molecular weight excluding hydrogens is 350 g/mol. The van der Waals surface area contributed by atoms with Crippen LogP contribution in [0.4, 0.5) is 0 Å². The predicted molar refractivity (Wildman–Crippen MR) is 109 cm³/mol. The van der Waals surface area contributed by atoms with E-state index in [-0.39, 0.29) is 11.8 Å². The van der Waals surface area contributed by atoms with Crippen LogP contribution >= 0.6 is 0 Å². The number of aromatic nitrogens is 2. The van der Waals surface area contributed by atoms with Crippen molar-refractivity contribution in [2.24, 2.45) is 0 Å². The number of amides is 1. The molecule has 5 heteroatoms. The molecule has 1 aliphatic heterocycles. The highest BCUT2D eigenvalue weighted by Gasteiger charge is 2.27. The van der Waals surface area contributed by atoms with Crippen LogP contribution in [0.2, 0.25) is 0 Å². The topological polar surface area (TPSA) is 51.3 Å². The van der Waals surface area contributed by atoms with Crippen molar-refractivity contribution in [2.45, 2.75) is 32.2 Å². The number of rotatable bonds is 3. The van der Waals surface area contributed by atoms with Gasteiger partial charge in [0.05, 0.1) is 0 Å². The number of likely N-dealkylation sites (tertiary alicyclic amines) is 1. The van der Waals surface area contributed by atoms with Crippen molar-refractivity contribution in [3.63, 3.8) is 0 Å². The summed E-state index contributed by atoms with van der Waals surface area (Å²) in [6.07, 6.45) is 1.79. The molecule has 2 aromatic carbocycles.